The maximum Gasteiger partial charge on any atom is 0.250 e. The number of nitrogens with zero attached hydrogens (tertiary/aromatic N) is 1. The maximum absolute atomic E-state index is 11.6. The molecule has 0 radical (unpaired) electrons. The molecule has 2 aromatic rings. The van der Waals surface area contributed by atoms with E-state index in [2.05, 4.69) is 0 Å². The van der Waals surface area contributed by atoms with E-state index < -0.39 is 0 Å². The Hall–Kier alpha value is -2.07. The summed E-state index contributed by atoms with van der Waals surface area (Å²) < 4.78 is 7.33. The van der Waals surface area contributed by atoms with Crippen molar-refractivity contribution in [1.82, 2.24) is 4.57 Å². The molecule has 0 fully saturated rings. The van der Waals surface area contributed by atoms with Crippen LogP contribution in [0.2, 0.25) is 0 Å². The molecule has 4 nitrogen and oxygen atoms in total. The van der Waals surface area contributed by atoms with Crippen molar-refractivity contribution in [3.8, 4) is 5.75 Å². The average molecular weight is 285 g/mol. The van der Waals surface area contributed by atoms with Crippen molar-refractivity contribution in [2.75, 3.05) is 6.61 Å². The fraction of sp³-hybridized carbons (Fsp3) is 0.353. The van der Waals surface area contributed by atoms with Crippen LogP contribution in [0.1, 0.15) is 30.1 Å². The molecule has 0 saturated carbocycles. The third-order valence-corrected chi connectivity index (χ3v) is 3.90. The summed E-state index contributed by atoms with van der Waals surface area (Å²) in [6, 6.07) is 11.0. The van der Waals surface area contributed by atoms with Gasteiger partial charge in [0.2, 0.25) is 0 Å². The summed E-state index contributed by atoms with van der Waals surface area (Å²) >= 11 is 0. The van der Waals surface area contributed by atoms with Crippen molar-refractivity contribution in [3.63, 3.8) is 0 Å². The molecule has 4 heteroatoms. The molecular weight excluding hydrogens is 266 g/mol. The largest absolute Gasteiger partial charge is 0.492 e. The number of hydrogen-bond acceptors (Lipinski definition) is 3. The zero-order valence-electron chi connectivity index (χ0n) is 11.9. The Morgan fingerprint density at radius 1 is 1.29 bits per heavy atom. The Labute approximate surface area is 123 Å². The molecule has 0 aliphatic heterocycles. The first-order valence-corrected chi connectivity index (χ1v) is 7.33. The SMILES string of the molecule is O=c1ccccn1CCOc1ccc2c(c1)C(O)CCC2. The minimum absolute atomic E-state index is 0.0260. The lowest BCUT2D eigenvalue weighted by atomic mass is 9.89. The molecule has 3 rings (SSSR count). The Balaban J connectivity index is 1.65. The number of benzene rings is 1. The molecule has 1 atom stereocenters. The minimum atomic E-state index is -0.381. The lowest BCUT2D eigenvalue weighted by molar-refractivity contribution is 0.156. The monoisotopic (exact) mass is 285 g/mol. The summed E-state index contributed by atoms with van der Waals surface area (Å²) in [6.07, 6.45) is 4.24. The van der Waals surface area contributed by atoms with Crippen molar-refractivity contribution < 1.29 is 9.84 Å². The highest BCUT2D eigenvalue weighted by molar-refractivity contribution is 5.38. The Morgan fingerprint density at radius 3 is 3.05 bits per heavy atom. The number of rotatable bonds is 4. The van der Waals surface area contributed by atoms with Gasteiger partial charge in [-0.15, -0.1) is 0 Å². The van der Waals surface area contributed by atoms with Crippen LogP contribution >= 0.6 is 0 Å². The molecule has 1 aromatic heterocycles. The second kappa shape index (κ2) is 6.14. The maximum atomic E-state index is 11.6. The number of aliphatic hydroxyl groups excluding tert-OH is 1. The Morgan fingerprint density at radius 2 is 2.19 bits per heavy atom. The third-order valence-electron chi connectivity index (χ3n) is 3.90. The topological polar surface area (TPSA) is 51.5 Å². The quantitative estimate of drug-likeness (QED) is 0.937. The number of hydrogen-bond donors (Lipinski definition) is 1. The van der Waals surface area contributed by atoms with Crippen LogP contribution in [0.15, 0.2) is 47.4 Å². The van der Waals surface area contributed by atoms with Crippen LogP contribution in [0.4, 0.5) is 0 Å². The highest BCUT2D eigenvalue weighted by Crippen LogP contribution is 2.32. The summed E-state index contributed by atoms with van der Waals surface area (Å²) in [5.74, 6) is 0.749. The van der Waals surface area contributed by atoms with E-state index >= 15 is 0 Å². The van der Waals surface area contributed by atoms with Crippen molar-refractivity contribution in [3.05, 3.63) is 64.1 Å². The molecule has 0 bridgehead atoms. The zero-order valence-corrected chi connectivity index (χ0v) is 11.9. The summed E-state index contributed by atoms with van der Waals surface area (Å²) in [4.78, 5) is 11.6. The highest BCUT2D eigenvalue weighted by atomic mass is 16.5. The van der Waals surface area contributed by atoms with Gasteiger partial charge in [0.25, 0.3) is 5.56 Å². The van der Waals surface area contributed by atoms with Crippen LogP contribution < -0.4 is 10.3 Å². The van der Waals surface area contributed by atoms with Gasteiger partial charge < -0.3 is 14.4 Å². The lowest BCUT2D eigenvalue weighted by Crippen LogP contribution is -2.21. The van der Waals surface area contributed by atoms with Gasteiger partial charge in [0, 0.05) is 12.3 Å². The third kappa shape index (κ3) is 3.16. The minimum Gasteiger partial charge on any atom is -0.492 e. The Kier molecular flexibility index (Phi) is 4.06. The summed E-state index contributed by atoms with van der Waals surface area (Å²) in [5, 5.41) is 10.0. The van der Waals surface area contributed by atoms with E-state index in [0.29, 0.717) is 13.2 Å². The fourth-order valence-corrected chi connectivity index (χ4v) is 2.75. The second-order valence-electron chi connectivity index (χ2n) is 5.35. The molecule has 21 heavy (non-hydrogen) atoms. The van der Waals surface area contributed by atoms with Gasteiger partial charge in [-0.2, -0.15) is 0 Å². The number of fused-ring (bicyclic) bond motifs is 1. The predicted molar refractivity (Wildman–Crippen MR) is 80.5 cm³/mol. The molecule has 1 N–H and O–H groups in total. The molecule has 0 amide bonds. The summed E-state index contributed by atoms with van der Waals surface area (Å²) in [7, 11) is 0. The van der Waals surface area contributed by atoms with Gasteiger partial charge >= 0.3 is 0 Å². The van der Waals surface area contributed by atoms with Crippen LogP contribution in [-0.4, -0.2) is 16.3 Å². The van der Waals surface area contributed by atoms with E-state index in [-0.39, 0.29) is 11.7 Å². The number of ether oxygens (including phenoxy) is 1. The molecule has 110 valence electrons. The van der Waals surface area contributed by atoms with Gasteiger partial charge in [0.15, 0.2) is 0 Å². The van der Waals surface area contributed by atoms with Gasteiger partial charge in [-0.3, -0.25) is 4.79 Å². The van der Waals surface area contributed by atoms with E-state index in [4.69, 9.17) is 4.74 Å². The first kappa shape index (κ1) is 13.9. The number of aryl methyl sites for hydroxylation is 1. The van der Waals surface area contributed by atoms with Gasteiger partial charge in [0.05, 0.1) is 12.6 Å². The summed E-state index contributed by atoms with van der Waals surface area (Å²) in [6.45, 7) is 0.943. The highest BCUT2D eigenvalue weighted by Gasteiger charge is 2.18. The van der Waals surface area contributed by atoms with Crippen LogP contribution in [0.25, 0.3) is 0 Å². The van der Waals surface area contributed by atoms with Gasteiger partial charge in [-0.25, -0.2) is 0 Å². The standard InChI is InChI=1S/C17H19NO3/c19-16-5-3-4-13-7-8-14(12-15(13)16)21-11-10-18-9-2-1-6-17(18)20/h1-2,6-9,12,16,19H,3-5,10-11H2. The summed E-state index contributed by atoms with van der Waals surface area (Å²) in [5.41, 5.74) is 2.16. The van der Waals surface area contributed by atoms with E-state index in [9.17, 15) is 9.90 Å². The molecule has 1 heterocycles. The first-order chi connectivity index (χ1) is 10.2. The van der Waals surface area contributed by atoms with E-state index in [1.165, 1.54) is 11.6 Å². The molecular formula is C17H19NO3. The lowest BCUT2D eigenvalue weighted by Gasteiger charge is -2.22. The van der Waals surface area contributed by atoms with Crippen molar-refractivity contribution >= 4 is 0 Å². The van der Waals surface area contributed by atoms with Gasteiger partial charge in [-0.05, 0) is 48.6 Å². The molecule has 0 spiro atoms. The zero-order chi connectivity index (χ0) is 14.7. The molecule has 0 saturated heterocycles. The number of aliphatic hydroxyl groups is 1. The van der Waals surface area contributed by atoms with Crippen LogP contribution in [0.5, 0.6) is 5.75 Å². The predicted octanol–water partition coefficient (Wildman–Crippen LogP) is 2.30. The molecule has 1 unspecified atom stereocenters. The Bertz CT molecular complexity index is 678. The molecule has 1 aliphatic rings. The van der Waals surface area contributed by atoms with Gasteiger partial charge in [0.1, 0.15) is 12.4 Å². The normalized spacial score (nSPS) is 17.3. The van der Waals surface area contributed by atoms with E-state index in [0.717, 1.165) is 30.6 Å². The van der Waals surface area contributed by atoms with Crippen LogP contribution in [0.3, 0.4) is 0 Å². The first-order valence-electron chi connectivity index (χ1n) is 7.33. The molecule has 1 aliphatic carbocycles. The van der Waals surface area contributed by atoms with E-state index in [1.807, 2.05) is 24.3 Å². The van der Waals surface area contributed by atoms with E-state index in [1.54, 1.807) is 16.8 Å². The van der Waals surface area contributed by atoms with Crippen LogP contribution in [0, 0.1) is 0 Å². The fourth-order valence-electron chi connectivity index (χ4n) is 2.75. The molecule has 1 aromatic carbocycles. The van der Waals surface area contributed by atoms with Crippen LogP contribution in [-0.2, 0) is 13.0 Å². The van der Waals surface area contributed by atoms with Crippen molar-refractivity contribution in [1.29, 1.82) is 0 Å². The smallest absolute Gasteiger partial charge is 0.250 e. The van der Waals surface area contributed by atoms with Crippen molar-refractivity contribution in [2.45, 2.75) is 31.9 Å². The average Bonchev–Trinajstić information content (AvgIpc) is 2.50. The second-order valence-corrected chi connectivity index (χ2v) is 5.35. The van der Waals surface area contributed by atoms with Crippen molar-refractivity contribution in [2.24, 2.45) is 0 Å². The van der Waals surface area contributed by atoms with Gasteiger partial charge in [-0.1, -0.05) is 12.1 Å². The number of aromatic nitrogens is 1. The number of pyridine rings is 1.